The monoisotopic (exact) mass is 613 g/mol. The molecule has 15 N–H and O–H groups in total. The van der Waals surface area contributed by atoms with Gasteiger partial charge in [-0.2, -0.15) is 0 Å². The van der Waals surface area contributed by atoms with Gasteiger partial charge in [0.05, 0.1) is 31.3 Å². The highest BCUT2D eigenvalue weighted by Crippen LogP contribution is 2.38. The fourth-order valence-corrected chi connectivity index (χ4v) is 7.14. The van der Waals surface area contributed by atoms with E-state index in [1.807, 2.05) is 6.08 Å². The summed E-state index contributed by atoms with van der Waals surface area (Å²) in [5.41, 5.74) is 21.7. The van der Waals surface area contributed by atoms with Crippen molar-refractivity contribution in [2.75, 3.05) is 26.7 Å². The standard InChI is InChI=1S/C28H51N7O8/c1-27(39)11-41-25(21(37)24(27)33-2)43-23-17(35-26(38)28(40)8-18(28)32)7-16(31)19(20(23)36)22-15(30)4-3-14(42-22)10-34-9-12-5-13(29)6-12/h3,12-13,15-25,33-34,36-37,39-40H,4-11,29-32H2,1-2H3,(H,35,38)/t12?,13?,15-,16+,17-,18?,19?,20+,21-,22+,23+,24-,25-,27+,28?/m1/s1. The zero-order valence-corrected chi connectivity index (χ0v) is 25.0. The number of aliphatic hydroxyl groups excluding tert-OH is 2. The summed E-state index contributed by atoms with van der Waals surface area (Å²) in [4.78, 5) is 13.0. The van der Waals surface area contributed by atoms with Crippen LogP contribution in [0.3, 0.4) is 0 Å². The number of ether oxygens (including phenoxy) is 3. The van der Waals surface area contributed by atoms with Crippen LogP contribution in [-0.2, 0) is 19.0 Å². The van der Waals surface area contributed by atoms with Gasteiger partial charge in [-0.05, 0) is 58.2 Å². The normalized spacial score (nSPS) is 49.8. The van der Waals surface area contributed by atoms with Crippen LogP contribution in [0.2, 0.25) is 0 Å². The minimum absolute atomic E-state index is 0.110. The van der Waals surface area contributed by atoms with Gasteiger partial charge in [-0.1, -0.05) is 0 Å². The Kier molecular flexibility index (Phi) is 9.74. The molecule has 4 fully saturated rings. The summed E-state index contributed by atoms with van der Waals surface area (Å²) < 4.78 is 18.3. The van der Waals surface area contributed by atoms with E-state index in [1.54, 1.807) is 7.05 Å². The number of likely N-dealkylation sites (N-methyl/N-ethyl adjacent to an activating group) is 1. The maximum atomic E-state index is 13.0. The molecule has 3 saturated carbocycles. The second-order valence-electron chi connectivity index (χ2n) is 13.6. The van der Waals surface area contributed by atoms with Crippen LogP contribution in [-0.4, -0.2) is 131 Å². The number of hydrogen-bond acceptors (Lipinski definition) is 14. The Bertz CT molecular complexity index is 1030. The van der Waals surface area contributed by atoms with Crippen LogP contribution in [0.1, 0.15) is 39.0 Å². The molecular formula is C28H51N7O8. The second kappa shape index (κ2) is 12.7. The molecule has 5 aliphatic rings. The highest BCUT2D eigenvalue weighted by atomic mass is 16.7. The van der Waals surface area contributed by atoms with Gasteiger partial charge in [-0.15, -0.1) is 0 Å². The third-order valence-electron chi connectivity index (χ3n) is 9.99. The number of aliphatic hydroxyl groups is 4. The van der Waals surface area contributed by atoms with Gasteiger partial charge in [-0.3, -0.25) is 4.79 Å². The SMILES string of the molecule is CN[C@@H]1[C@@H](O)[C@@H](O[C@H]2[C@H](NC(=O)C3(O)CC3N)C[C@H](N)C([C@H]3OC(CNCC4CC(N)C4)=CC[C@H]3N)[C@@H]2O)OC[C@]1(C)O. The van der Waals surface area contributed by atoms with Crippen molar-refractivity contribution in [2.24, 2.45) is 34.8 Å². The molecule has 0 bridgehead atoms. The first kappa shape index (κ1) is 32.9. The Labute approximate surface area is 252 Å². The molecule has 0 aromatic heterocycles. The maximum Gasteiger partial charge on any atom is 0.253 e. The van der Waals surface area contributed by atoms with Crippen LogP contribution in [0.4, 0.5) is 0 Å². The van der Waals surface area contributed by atoms with Crippen LogP contribution in [0, 0.1) is 11.8 Å². The lowest BCUT2D eigenvalue weighted by molar-refractivity contribution is -0.297. The van der Waals surface area contributed by atoms with E-state index in [2.05, 4.69) is 16.0 Å². The largest absolute Gasteiger partial charge is 0.492 e. The first-order chi connectivity index (χ1) is 20.2. The molecule has 15 heteroatoms. The molecule has 2 aliphatic heterocycles. The summed E-state index contributed by atoms with van der Waals surface area (Å²) in [7, 11) is 1.60. The summed E-state index contributed by atoms with van der Waals surface area (Å²) >= 11 is 0. The number of amides is 1. The highest BCUT2D eigenvalue weighted by Gasteiger charge is 2.59. The Morgan fingerprint density at radius 1 is 1.12 bits per heavy atom. The summed E-state index contributed by atoms with van der Waals surface area (Å²) in [5.74, 6) is -0.135. The van der Waals surface area contributed by atoms with Crippen molar-refractivity contribution >= 4 is 5.91 Å². The summed E-state index contributed by atoms with van der Waals surface area (Å²) in [6.45, 7) is 2.71. The first-order valence-electron chi connectivity index (χ1n) is 15.4. The van der Waals surface area contributed by atoms with Gasteiger partial charge in [0.15, 0.2) is 11.9 Å². The Balaban J connectivity index is 1.31. The predicted molar refractivity (Wildman–Crippen MR) is 155 cm³/mol. The van der Waals surface area contributed by atoms with E-state index in [1.165, 1.54) is 6.92 Å². The molecule has 5 rings (SSSR count). The Hall–Kier alpha value is -1.47. The lowest BCUT2D eigenvalue weighted by Crippen LogP contribution is -2.69. The topological polar surface area (TPSA) is 266 Å². The Morgan fingerprint density at radius 2 is 1.81 bits per heavy atom. The van der Waals surface area contributed by atoms with E-state index in [0.717, 1.165) is 19.4 Å². The van der Waals surface area contributed by atoms with Gasteiger partial charge in [0, 0.05) is 36.5 Å². The third kappa shape index (κ3) is 6.73. The minimum Gasteiger partial charge on any atom is -0.492 e. The van der Waals surface area contributed by atoms with Crippen molar-refractivity contribution in [2.45, 2.75) is 117 Å². The van der Waals surface area contributed by atoms with Crippen molar-refractivity contribution in [3.8, 4) is 0 Å². The van der Waals surface area contributed by atoms with Crippen molar-refractivity contribution in [3.63, 3.8) is 0 Å². The van der Waals surface area contributed by atoms with E-state index in [0.29, 0.717) is 24.6 Å². The lowest BCUT2D eigenvalue weighted by atomic mass is 9.72. The zero-order valence-electron chi connectivity index (χ0n) is 25.0. The summed E-state index contributed by atoms with van der Waals surface area (Å²) in [6.07, 6.45) is -0.929. The second-order valence-corrected chi connectivity index (χ2v) is 13.6. The van der Waals surface area contributed by atoms with Crippen LogP contribution >= 0.6 is 0 Å². The van der Waals surface area contributed by atoms with Crippen LogP contribution in [0.5, 0.6) is 0 Å². The smallest absolute Gasteiger partial charge is 0.253 e. The van der Waals surface area contributed by atoms with Crippen LogP contribution < -0.4 is 38.9 Å². The first-order valence-corrected chi connectivity index (χ1v) is 15.4. The minimum atomic E-state index is -1.71. The van der Waals surface area contributed by atoms with E-state index < -0.39 is 83.9 Å². The van der Waals surface area contributed by atoms with Crippen molar-refractivity contribution in [3.05, 3.63) is 11.8 Å². The maximum absolute atomic E-state index is 13.0. The fourth-order valence-electron chi connectivity index (χ4n) is 7.14. The number of nitrogens with two attached hydrogens (primary N) is 4. The molecule has 0 spiro atoms. The Morgan fingerprint density at radius 3 is 2.44 bits per heavy atom. The highest BCUT2D eigenvalue weighted by molar-refractivity contribution is 5.89. The molecule has 43 heavy (non-hydrogen) atoms. The predicted octanol–water partition coefficient (Wildman–Crippen LogP) is -4.59. The quantitative estimate of drug-likeness (QED) is 0.111. The fraction of sp³-hybridized carbons (Fsp3) is 0.893. The van der Waals surface area contributed by atoms with Gasteiger partial charge < -0.3 is 73.5 Å². The average Bonchev–Trinajstić information content (AvgIpc) is 3.55. The number of hydrogen-bond donors (Lipinski definition) is 11. The molecule has 0 aromatic carbocycles. The molecule has 1 saturated heterocycles. The van der Waals surface area contributed by atoms with Crippen molar-refractivity contribution < 1.29 is 39.4 Å². The van der Waals surface area contributed by atoms with Crippen LogP contribution in [0.25, 0.3) is 0 Å². The molecule has 2 heterocycles. The zero-order chi connectivity index (χ0) is 31.3. The van der Waals surface area contributed by atoms with E-state index in [4.69, 9.17) is 37.1 Å². The van der Waals surface area contributed by atoms with E-state index >= 15 is 0 Å². The van der Waals surface area contributed by atoms with Crippen molar-refractivity contribution in [1.82, 2.24) is 16.0 Å². The van der Waals surface area contributed by atoms with Gasteiger partial charge >= 0.3 is 0 Å². The number of carbonyl (C=O) groups is 1. The number of carbonyl (C=O) groups excluding carboxylic acids is 1. The van der Waals surface area contributed by atoms with Gasteiger partial charge in [0.1, 0.15) is 29.7 Å². The molecule has 0 radical (unpaired) electrons. The van der Waals surface area contributed by atoms with Gasteiger partial charge in [0.25, 0.3) is 5.91 Å². The average molecular weight is 614 g/mol. The molecular weight excluding hydrogens is 562 g/mol. The summed E-state index contributed by atoms with van der Waals surface area (Å²) in [5, 5.41) is 53.2. The molecule has 1 amide bonds. The van der Waals surface area contributed by atoms with Gasteiger partial charge in [-0.25, -0.2) is 0 Å². The molecule has 15 nitrogen and oxygen atoms in total. The molecule has 246 valence electrons. The van der Waals surface area contributed by atoms with E-state index in [9.17, 15) is 25.2 Å². The van der Waals surface area contributed by atoms with Crippen LogP contribution in [0.15, 0.2) is 11.8 Å². The number of nitrogens with one attached hydrogen (secondary N) is 3. The molecule has 13 atom stereocenters. The molecule has 3 unspecified atom stereocenters. The third-order valence-corrected chi connectivity index (χ3v) is 9.99. The van der Waals surface area contributed by atoms with Gasteiger partial charge in [0.2, 0.25) is 0 Å². The lowest BCUT2D eigenvalue weighted by Gasteiger charge is -2.50. The summed E-state index contributed by atoms with van der Waals surface area (Å²) in [6, 6.07) is -3.20. The molecule has 3 aliphatic carbocycles. The van der Waals surface area contributed by atoms with E-state index in [-0.39, 0.29) is 25.5 Å². The number of rotatable bonds is 10. The van der Waals surface area contributed by atoms with Crippen molar-refractivity contribution in [1.29, 1.82) is 0 Å². The molecule has 0 aromatic rings.